The van der Waals surface area contributed by atoms with Crippen LogP contribution in [0.1, 0.15) is 29.1 Å². The summed E-state index contributed by atoms with van der Waals surface area (Å²) in [6, 6.07) is 13.4. The quantitative estimate of drug-likeness (QED) is 0.647. The van der Waals surface area contributed by atoms with E-state index in [4.69, 9.17) is 9.26 Å². The highest BCUT2D eigenvalue weighted by atomic mass is 19.1. The number of carboxylic acid groups (broad SMARTS) is 1. The number of ether oxygens (including phenoxy) is 1. The van der Waals surface area contributed by atoms with Crippen LogP contribution >= 0.6 is 0 Å². The maximum absolute atomic E-state index is 13.2. The second-order valence-corrected chi connectivity index (χ2v) is 5.98. The van der Waals surface area contributed by atoms with Crippen LogP contribution in [-0.2, 0) is 4.79 Å². The number of para-hydroxylation sites is 1. The Morgan fingerprint density at radius 2 is 1.86 bits per heavy atom. The summed E-state index contributed by atoms with van der Waals surface area (Å²) in [5, 5.41) is 15.8. The van der Waals surface area contributed by atoms with E-state index in [1.165, 1.54) is 24.3 Å². The third kappa shape index (κ3) is 4.35. The van der Waals surface area contributed by atoms with Crippen LogP contribution in [0.5, 0.6) is 5.75 Å². The zero-order valence-corrected chi connectivity index (χ0v) is 14.9. The van der Waals surface area contributed by atoms with Crippen LogP contribution in [0.2, 0.25) is 0 Å². The number of aromatic carboxylic acids is 1. The van der Waals surface area contributed by atoms with Crippen LogP contribution in [0.4, 0.5) is 4.39 Å². The Hall–Kier alpha value is -3.68. The maximum atomic E-state index is 13.2. The van der Waals surface area contributed by atoms with Gasteiger partial charge >= 0.3 is 5.97 Å². The first-order valence-electron chi connectivity index (χ1n) is 8.41. The number of carboxylic acids is 1. The van der Waals surface area contributed by atoms with Crippen molar-refractivity contribution in [1.82, 2.24) is 10.5 Å². The van der Waals surface area contributed by atoms with Gasteiger partial charge in [-0.05, 0) is 43.3 Å². The monoisotopic (exact) mass is 384 g/mol. The Morgan fingerprint density at radius 3 is 2.50 bits per heavy atom. The van der Waals surface area contributed by atoms with Crippen molar-refractivity contribution in [2.75, 3.05) is 6.61 Å². The maximum Gasteiger partial charge on any atom is 0.375 e. The SMILES string of the molecule is CC(NC(=O)COc1ccccc1)c1c(-c2ccc(F)cc2)noc1C(=O)O. The van der Waals surface area contributed by atoms with Crippen molar-refractivity contribution >= 4 is 11.9 Å². The molecule has 0 spiro atoms. The molecule has 0 aliphatic heterocycles. The van der Waals surface area contributed by atoms with Gasteiger partial charge in [-0.1, -0.05) is 23.4 Å². The Kier molecular flexibility index (Phi) is 5.69. The molecule has 0 fully saturated rings. The third-order valence-corrected chi connectivity index (χ3v) is 3.96. The smallest absolute Gasteiger partial charge is 0.375 e. The first-order chi connectivity index (χ1) is 13.5. The summed E-state index contributed by atoms with van der Waals surface area (Å²) in [5.74, 6) is -2.06. The van der Waals surface area contributed by atoms with Gasteiger partial charge in [-0.3, -0.25) is 4.79 Å². The van der Waals surface area contributed by atoms with E-state index in [0.717, 1.165) is 0 Å². The van der Waals surface area contributed by atoms with Gasteiger partial charge in [0, 0.05) is 5.56 Å². The number of halogens is 1. The van der Waals surface area contributed by atoms with Crippen molar-refractivity contribution in [2.45, 2.75) is 13.0 Å². The van der Waals surface area contributed by atoms with Crippen LogP contribution < -0.4 is 10.1 Å². The predicted octanol–water partition coefficient (Wildman–Crippen LogP) is 3.44. The summed E-state index contributed by atoms with van der Waals surface area (Å²) in [5.41, 5.74) is 0.871. The van der Waals surface area contributed by atoms with Crippen molar-refractivity contribution in [3.8, 4) is 17.0 Å². The summed E-state index contributed by atoms with van der Waals surface area (Å²) in [6.07, 6.45) is 0. The molecule has 2 N–H and O–H groups in total. The first kappa shape index (κ1) is 19.1. The average molecular weight is 384 g/mol. The first-order valence-corrected chi connectivity index (χ1v) is 8.41. The lowest BCUT2D eigenvalue weighted by atomic mass is 10.0. The normalized spacial score (nSPS) is 11.6. The van der Waals surface area contributed by atoms with Gasteiger partial charge in [0.25, 0.3) is 5.91 Å². The number of nitrogens with zero attached hydrogens (tertiary/aromatic N) is 1. The van der Waals surface area contributed by atoms with Gasteiger partial charge in [0.15, 0.2) is 6.61 Å². The largest absolute Gasteiger partial charge is 0.484 e. The third-order valence-electron chi connectivity index (χ3n) is 3.96. The van der Waals surface area contributed by atoms with Gasteiger partial charge in [0.2, 0.25) is 5.76 Å². The molecule has 2 aromatic carbocycles. The van der Waals surface area contributed by atoms with E-state index >= 15 is 0 Å². The molecule has 28 heavy (non-hydrogen) atoms. The van der Waals surface area contributed by atoms with E-state index in [-0.39, 0.29) is 17.9 Å². The Labute approximate surface area is 159 Å². The van der Waals surface area contributed by atoms with Crippen LogP contribution in [-0.4, -0.2) is 28.7 Å². The van der Waals surface area contributed by atoms with E-state index in [1.807, 2.05) is 6.07 Å². The summed E-state index contributed by atoms with van der Waals surface area (Å²) >= 11 is 0. The molecule has 1 atom stereocenters. The summed E-state index contributed by atoms with van der Waals surface area (Å²) in [6.45, 7) is 1.36. The average Bonchev–Trinajstić information content (AvgIpc) is 3.13. The molecule has 0 saturated heterocycles. The molecule has 144 valence electrons. The fourth-order valence-electron chi connectivity index (χ4n) is 2.69. The summed E-state index contributed by atoms with van der Waals surface area (Å²) in [4.78, 5) is 23.7. The summed E-state index contributed by atoms with van der Waals surface area (Å²) in [7, 11) is 0. The van der Waals surface area contributed by atoms with Crippen molar-refractivity contribution < 1.29 is 28.3 Å². The number of amides is 1. The van der Waals surface area contributed by atoms with E-state index < -0.39 is 29.5 Å². The molecule has 8 heteroatoms. The minimum Gasteiger partial charge on any atom is -0.484 e. The van der Waals surface area contributed by atoms with Gasteiger partial charge in [-0.15, -0.1) is 0 Å². The van der Waals surface area contributed by atoms with Gasteiger partial charge in [-0.25, -0.2) is 9.18 Å². The molecule has 0 saturated carbocycles. The molecule has 1 heterocycles. The molecular formula is C20H17FN2O5. The van der Waals surface area contributed by atoms with Gasteiger partial charge in [0.1, 0.15) is 17.3 Å². The number of carbonyl (C=O) groups is 2. The van der Waals surface area contributed by atoms with Crippen LogP contribution in [0, 0.1) is 5.82 Å². The zero-order chi connectivity index (χ0) is 20.1. The Balaban J connectivity index is 1.78. The number of aromatic nitrogens is 1. The minimum absolute atomic E-state index is 0.187. The van der Waals surface area contributed by atoms with Crippen LogP contribution in [0.3, 0.4) is 0 Å². The summed E-state index contributed by atoms with van der Waals surface area (Å²) < 4.78 is 23.5. The van der Waals surface area contributed by atoms with Gasteiger partial charge in [-0.2, -0.15) is 0 Å². The fraction of sp³-hybridized carbons (Fsp3) is 0.150. The molecule has 0 aliphatic carbocycles. The lowest BCUT2D eigenvalue weighted by Crippen LogP contribution is -2.32. The molecule has 0 aliphatic rings. The second-order valence-electron chi connectivity index (χ2n) is 5.98. The number of carbonyl (C=O) groups excluding carboxylic acids is 1. The highest BCUT2D eigenvalue weighted by molar-refractivity contribution is 5.89. The molecule has 1 unspecified atom stereocenters. The van der Waals surface area contributed by atoms with Crippen molar-refractivity contribution in [1.29, 1.82) is 0 Å². The van der Waals surface area contributed by atoms with E-state index in [2.05, 4.69) is 10.5 Å². The predicted molar refractivity (Wildman–Crippen MR) is 97.4 cm³/mol. The van der Waals surface area contributed by atoms with Crippen molar-refractivity contribution in [3.05, 3.63) is 71.7 Å². The Morgan fingerprint density at radius 1 is 1.18 bits per heavy atom. The van der Waals surface area contributed by atoms with Crippen molar-refractivity contribution in [3.63, 3.8) is 0 Å². The van der Waals surface area contributed by atoms with Crippen molar-refractivity contribution in [2.24, 2.45) is 0 Å². The number of hydrogen-bond donors (Lipinski definition) is 2. The zero-order valence-electron chi connectivity index (χ0n) is 14.9. The number of rotatable bonds is 7. The molecule has 3 rings (SSSR count). The fourth-order valence-corrected chi connectivity index (χ4v) is 2.69. The van der Waals surface area contributed by atoms with Gasteiger partial charge < -0.3 is 19.7 Å². The van der Waals surface area contributed by atoms with Crippen LogP contribution in [0.25, 0.3) is 11.3 Å². The van der Waals surface area contributed by atoms with E-state index in [0.29, 0.717) is 11.3 Å². The van der Waals surface area contributed by atoms with E-state index in [1.54, 1.807) is 31.2 Å². The molecule has 3 aromatic rings. The molecule has 0 bridgehead atoms. The second kappa shape index (κ2) is 8.34. The van der Waals surface area contributed by atoms with Gasteiger partial charge in [0.05, 0.1) is 11.6 Å². The number of hydrogen-bond acceptors (Lipinski definition) is 5. The van der Waals surface area contributed by atoms with Crippen LogP contribution in [0.15, 0.2) is 59.1 Å². The highest BCUT2D eigenvalue weighted by Crippen LogP contribution is 2.30. The van der Waals surface area contributed by atoms with E-state index in [9.17, 15) is 19.1 Å². The lowest BCUT2D eigenvalue weighted by molar-refractivity contribution is -0.123. The minimum atomic E-state index is -1.32. The number of nitrogens with one attached hydrogen (secondary N) is 1. The highest BCUT2D eigenvalue weighted by Gasteiger charge is 2.28. The molecule has 1 amide bonds. The molecule has 7 nitrogen and oxygen atoms in total. The Bertz CT molecular complexity index is 970. The standard InChI is InChI=1S/C20H17FN2O5/c1-12(22-16(24)11-27-15-5-3-2-4-6-15)17-18(23-28-19(17)20(25)26)13-7-9-14(21)10-8-13/h2-10,12H,11H2,1H3,(H,22,24)(H,25,26). The topological polar surface area (TPSA) is 102 Å². The molecule has 1 aromatic heterocycles. The lowest BCUT2D eigenvalue weighted by Gasteiger charge is -2.15. The molecule has 0 radical (unpaired) electrons. The molecular weight excluding hydrogens is 367 g/mol. The number of benzene rings is 2.